The van der Waals surface area contributed by atoms with E-state index in [1.807, 2.05) is 0 Å². The molecule has 0 bridgehead atoms. The molecular formula is C9H22OSSi. The van der Waals surface area contributed by atoms with Crippen LogP contribution in [-0.4, -0.2) is 20.3 Å². The molecule has 0 heterocycles. The average Bonchev–Trinajstić information content (AvgIpc) is 2.06. The van der Waals surface area contributed by atoms with Crippen molar-refractivity contribution in [3.05, 3.63) is 0 Å². The van der Waals surface area contributed by atoms with E-state index in [1.165, 1.54) is 24.9 Å². The predicted octanol–water partition coefficient (Wildman–Crippen LogP) is 3.26. The highest BCUT2D eigenvalue weighted by Crippen LogP contribution is 2.22. The van der Waals surface area contributed by atoms with Gasteiger partial charge < -0.3 is 4.43 Å². The Balaban J connectivity index is 4.06. The molecule has 0 unspecified atom stereocenters. The molecule has 3 heteroatoms. The van der Waals surface area contributed by atoms with Gasteiger partial charge in [0.1, 0.15) is 0 Å². The summed E-state index contributed by atoms with van der Waals surface area (Å²) < 4.78 is 5.92. The molecule has 0 amide bonds. The van der Waals surface area contributed by atoms with Gasteiger partial charge in [-0.05, 0) is 19.0 Å². The second-order valence-electron chi connectivity index (χ2n) is 3.27. The molecule has 0 atom stereocenters. The van der Waals surface area contributed by atoms with Crippen LogP contribution in [0.15, 0.2) is 0 Å². The van der Waals surface area contributed by atoms with E-state index in [4.69, 9.17) is 4.43 Å². The quantitative estimate of drug-likeness (QED) is 0.497. The van der Waals surface area contributed by atoms with Crippen molar-refractivity contribution >= 4 is 20.9 Å². The second-order valence-corrected chi connectivity index (χ2v) is 8.19. The molecule has 0 saturated carbocycles. The van der Waals surface area contributed by atoms with Gasteiger partial charge in [0.15, 0.2) is 0 Å². The first-order valence-corrected chi connectivity index (χ1v) is 8.15. The van der Waals surface area contributed by atoms with Gasteiger partial charge in [-0.3, -0.25) is 0 Å². The molecule has 0 aliphatic heterocycles. The smallest absolute Gasteiger partial charge is 0.202 e. The third-order valence-corrected chi connectivity index (χ3v) is 8.18. The van der Waals surface area contributed by atoms with Crippen molar-refractivity contribution in [3.63, 3.8) is 0 Å². The molecular weight excluding hydrogens is 184 g/mol. The van der Waals surface area contributed by atoms with Crippen LogP contribution in [0.3, 0.4) is 0 Å². The van der Waals surface area contributed by atoms with Gasteiger partial charge in [-0.2, -0.15) is 12.6 Å². The van der Waals surface area contributed by atoms with Crippen molar-refractivity contribution in [1.82, 2.24) is 0 Å². The Kier molecular flexibility index (Phi) is 7.29. The van der Waals surface area contributed by atoms with E-state index < -0.39 is 8.32 Å². The van der Waals surface area contributed by atoms with Crippen molar-refractivity contribution in [2.24, 2.45) is 0 Å². The summed E-state index contributed by atoms with van der Waals surface area (Å²) in [7, 11) is -1.41. The number of hydrogen-bond donors (Lipinski definition) is 1. The predicted molar refractivity (Wildman–Crippen MR) is 61.4 cm³/mol. The zero-order valence-electron chi connectivity index (χ0n) is 8.60. The summed E-state index contributed by atoms with van der Waals surface area (Å²) in [4.78, 5) is 0. The largest absolute Gasteiger partial charge is 0.416 e. The highest BCUT2D eigenvalue weighted by molar-refractivity contribution is 7.82. The maximum absolute atomic E-state index is 5.92. The monoisotopic (exact) mass is 206 g/mol. The van der Waals surface area contributed by atoms with Crippen molar-refractivity contribution < 1.29 is 4.43 Å². The number of thiol groups is 1. The zero-order chi connectivity index (χ0) is 9.45. The zero-order valence-corrected chi connectivity index (χ0v) is 10.5. The van der Waals surface area contributed by atoms with Crippen LogP contribution in [0.1, 0.15) is 33.6 Å². The highest BCUT2D eigenvalue weighted by atomic mass is 32.1. The van der Waals surface area contributed by atoms with Crippen LogP contribution in [0, 0.1) is 0 Å². The van der Waals surface area contributed by atoms with E-state index in [1.54, 1.807) is 0 Å². The van der Waals surface area contributed by atoms with Gasteiger partial charge in [0.2, 0.25) is 8.32 Å². The van der Waals surface area contributed by atoms with E-state index in [2.05, 4.69) is 33.4 Å². The molecule has 0 spiro atoms. The van der Waals surface area contributed by atoms with Crippen molar-refractivity contribution in [2.45, 2.75) is 45.7 Å². The minimum absolute atomic E-state index is 0.868. The Labute approximate surface area is 83.4 Å². The van der Waals surface area contributed by atoms with Crippen molar-refractivity contribution in [2.75, 3.05) is 12.0 Å². The first-order chi connectivity index (χ1) is 5.74. The minimum Gasteiger partial charge on any atom is -0.416 e. The molecule has 0 aliphatic rings. The lowest BCUT2D eigenvalue weighted by Crippen LogP contribution is -2.40. The Morgan fingerprint density at radius 1 is 1.08 bits per heavy atom. The molecule has 0 aromatic rings. The standard InChI is InChI=1S/C9H22OSSi/c1-4-7-12(9-11,8-5-2)10-6-3/h11H,4-9H2,1-3H3. The van der Waals surface area contributed by atoms with Crippen LogP contribution in [-0.2, 0) is 4.43 Å². The first-order valence-electron chi connectivity index (χ1n) is 4.99. The Morgan fingerprint density at radius 2 is 1.58 bits per heavy atom. The van der Waals surface area contributed by atoms with E-state index in [9.17, 15) is 0 Å². The summed E-state index contributed by atoms with van der Waals surface area (Å²) in [5, 5.41) is 0.989. The molecule has 0 radical (unpaired) electrons. The number of rotatable bonds is 7. The minimum atomic E-state index is -1.41. The topological polar surface area (TPSA) is 9.23 Å². The van der Waals surface area contributed by atoms with Gasteiger partial charge in [0.25, 0.3) is 0 Å². The normalized spacial score (nSPS) is 12.0. The molecule has 74 valence electrons. The summed E-state index contributed by atoms with van der Waals surface area (Å²) in [6.07, 6.45) is 2.49. The summed E-state index contributed by atoms with van der Waals surface area (Å²) in [6.45, 7) is 7.43. The van der Waals surface area contributed by atoms with Crippen LogP contribution in [0.4, 0.5) is 0 Å². The lowest BCUT2D eigenvalue weighted by Gasteiger charge is -2.28. The third kappa shape index (κ3) is 3.96. The van der Waals surface area contributed by atoms with Gasteiger partial charge >= 0.3 is 0 Å². The van der Waals surface area contributed by atoms with E-state index in [0.29, 0.717) is 0 Å². The van der Waals surface area contributed by atoms with E-state index in [-0.39, 0.29) is 0 Å². The van der Waals surface area contributed by atoms with Crippen LogP contribution in [0.2, 0.25) is 12.1 Å². The van der Waals surface area contributed by atoms with Crippen LogP contribution >= 0.6 is 12.6 Å². The molecule has 1 nitrogen and oxygen atoms in total. The molecule has 0 aromatic carbocycles. The maximum atomic E-state index is 5.92. The summed E-state index contributed by atoms with van der Waals surface area (Å²) in [5.74, 6) is 0. The molecule has 0 fully saturated rings. The molecule has 12 heavy (non-hydrogen) atoms. The second kappa shape index (κ2) is 6.98. The molecule has 0 rings (SSSR count). The molecule has 0 aliphatic carbocycles. The Hall–Kier alpha value is 0.527. The van der Waals surface area contributed by atoms with Gasteiger partial charge in [-0.25, -0.2) is 0 Å². The lowest BCUT2D eigenvalue weighted by molar-refractivity contribution is 0.322. The SMILES string of the molecule is CCC[Si](CS)(CCC)OCC. The molecule has 0 saturated heterocycles. The van der Waals surface area contributed by atoms with Crippen LogP contribution < -0.4 is 0 Å². The fraction of sp³-hybridized carbons (Fsp3) is 1.00. The summed E-state index contributed by atoms with van der Waals surface area (Å²) in [6, 6.07) is 2.55. The average molecular weight is 206 g/mol. The fourth-order valence-corrected chi connectivity index (χ4v) is 6.29. The Bertz CT molecular complexity index is 91.7. The molecule has 0 N–H and O–H groups in total. The fourth-order valence-electron chi connectivity index (χ4n) is 1.69. The highest BCUT2D eigenvalue weighted by Gasteiger charge is 2.30. The van der Waals surface area contributed by atoms with E-state index in [0.717, 1.165) is 12.0 Å². The van der Waals surface area contributed by atoms with E-state index >= 15 is 0 Å². The molecule has 0 aromatic heterocycles. The Morgan fingerprint density at radius 3 is 1.83 bits per heavy atom. The van der Waals surface area contributed by atoms with Crippen LogP contribution in [0.5, 0.6) is 0 Å². The van der Waals surface area contributed by atoms with Gasteiger partial charge in [0, 0.05) is 12.0 Å². The van der Waals surface area contributed by atoms with Gasteiger partial charge in [-0.1, -0.05) is 26.7 Å². The first kappa shape index (κ1) is 12.5. The van der Waals surface area contributed by atoms with Gasteiger partial charge in [-0.15, -0.1) is 0 Å². The van der Waals surface area contributed by atoms with Gasteiger partial charge in [0.05, 0.1) is 0 Å². The van der Waals surface area contributed by atoms with Crippen molar-refractivity contribution in [1.29, 1.82) is 0 Å². The summed E-state index contributed by atoms with van der Waals surface area (Å²) >= 11 is 4.44. The van der Waals surface area contributed by atoms with Crippen molar-refractivity contribution in [3.8, 4) is 0 Å². The third-order valence-electron chi connectivity index (χ3n) is 2.15. The van der Waals surface area contributed by atoms with Crippen LogP contribution in [0.25, 0.3) is 0 Å². The lowest BCUT2D eigenvalue weighted by atomic mass is 10.6. The summed E-state index contributed by atoms with van der Waals surface area (Å²) in [5.41, 5.74) is 0. The number of hydrogen-bond acceptors (Lipinski definition) is 2. The maximum Gasteiger partial charge on any atom is 0.202 e.